The molecule has 1 aromatic rings. The summed E-state index contributed by atoms with van der Waals surface area (Å²) in [5.41, 5.74) is 0. The highest BCUT2D eigenvalue weighted by molar-refractivity contribution is 5.82. The van der Waals surface area contributed by atoms with E-state index in [9.17, 15) is 4.79 Å². The average Bonchev–Trinajstić information content (AvgIpc) is 2.87. The molecule has 0 bridgehead atoms. The van der Waals surface area contributed by atoms with Gasteiger partial charge in [-0.2, -0.15) is 5.10 Å². The molecule has 20 heavy (non-hydrogen) atoms. The molecule has 1 saturated carbocycles. The van der Waals surface area contributed by atoms with E-state index in [0.717, 1.165) is 30.5 Å². The third-order valence-electron chi connectivity index (χ3n) is 4.64. The first-order chi connectivity index (χ1) is 9.49. The fourth-order valence-corrected chi connectivity index (χ4v) is 3.24. The monoisotopic (exact) mass is 277 g/mol. The lowest BCUT2D eigenvalue weighted by atomic mass is 9.75. The van der Waals surface area contributed by atoms with Crippen LogP contribution >= 0.6 is 0 Å². The standard InChI is InChI=1S/C16H27N3O/c1-11(2)13-5-7-14(8-6-13)15(20)9-16-17-10-18-19(16)12(3)4/h10-14H,5-9H2,1-4H3. The molecule has 0 atom stereocenters. The van der Waals surface area contributed by atoms with Crippen molar-refractivity contribution in [1.29, 1.82) is 0 Å². The van der Waals surface area contributed by atoms with Crippen LogP contribution in [0.1, 0.15) is 65.2 Å². The number of Topliss-reactive ketones (excluding diaryl/α,β-unsaturated/α-hetero) is 1. The molecule has 0 unspecified atom stereocenters. The minimum absolute atomic E-state index is 0.238. The summed E-state index contributed by atoms with van der Waals surface area (Å²) < 4.78 is 1.86. The largest absolute Gasteiger partial charge is 0.299 e. The Bertz CT molecular complexity index is 442. The highest BCUT2D eigenvalue weighted by Gasteiger charge is 2.28. The number of aromatic nitrogens is 3. The van der Waals surface area contributed by atoms with Gasteiger partial charge in [0, 0.05) is 12.0 Å². The Morgan fingerprint density at radius 3 is 2.45 bits per heavy atom. The third kappa shape index (κ3) is 3.47. The topological polar surface area (TPSA) is 47.8 Å². The van der Waals surface area contributed by atoms with Gasteiger partial charge in [-0.25, -0.2) is 9.67 Å². The minimum atomic E-state index is 0.238. The van der Waals surface area contributed by atoms with Crippen molar-refractivity contribution in [3.63, 3.8) is 0 Å². The fourth-order valence-electron chi connectivity index (χ4n) is 3.24. The normalized spacial score (nSPS) is 23.5. The lowest BCUT2D eigenvalue weighted by Gasteiger charge is -2.30. The van der Waals surface area contributed by atoms with Crippen molar-refractivity contribution in [1.82, 2.24) is 14.8 Å². The molecule has 0 aromatic carbocycles. The van der Waals surface area contributed by atoms with E-state index in [4.69, 9.17) is 0 Å². The van der Waals surface area contributed by atoms with Crippen LogP contribution in [-0.2, 0) is 11.2 Å². The van der Waals surface area contributed by atoms with Crippen LogP contribution in [0.25, 0.3) is 0 Å². The van der Waals surface area contributed by atoms with Crippen molar-refractivity contribution >= 4 is 5.78 Å². The second-order valence-electron chi connectivity index (χ2n) is 6.71. The highest BCUT2D eigenvalue weighted by Crippen LogP contribution is 2.34. The van der Waals surface area contributed by atoms with Gasteiger partial charge in [-0.3, -0.25) is 4.79 Å². The first kappa shape index (κ1) is 15.2. The lowest BCUT2D eigenvalue weighted by molar-refractivity contribution is -0.123. The Morgan fingerprint density at radius 1 is 1.25 bits per heavy atom. The van der Waals surface area contributed by atoms with E-state index in [2.05, 4.69) is 37.8 Å². The van der Waals surface area contributed by atoms with Crippen LogP contribution in [0.5, 0.6) is 0 Å². The van der Waals surface area contributed by atoms with Crippen molar-refractivity contribution in [2.45, 2.75) is 65.8 Å². The summed E-state index contributed by atoms with van der Waals surface area (Å²) in [6.45, 7) is 8.71. The molecule has 112 valence electrons. The van der Waals surface area contributed by atoms with E-state index < -0.39 is 0 Å². The zero-order chi connectivity index (χ0) is 14.7. The number of hydrogen-bond donors (Lipinski definition) is 0. The molecule has 1 aromatic heterocycles. The van der Waals surface area contributed by atoms with Gasteiger partial charge in [-0.05, 0) is 51.4 Å². The summed E-state index contributed by atoms with van der Waals surface area (Å²) in [5, 5.41) is 4.20. The average molecular weight is 277 g/mol. The molecule has 0 amide bonds. The Morgan fingerprint density at radius 2 is 1.90 bits per heavy atom. The van der Waals surface area contributed by atoms with Gasteiger partial charge in [-0.1, -0.05) is 13.8 Å². The molecule has 1 aliphatic rings. The molecule has 4 nitrogen and oxygen atoms in total. The Kier molecular flexibility index (Phi) is 4.95. The molecule has 1 aliphatic carbocycles. The number of rotatable bonds is 5. The SMILES string of the molecule is CC(C)C1CCC(C(=O)Cc2ncnn2C(C)C)CC1. The zero-order valence-electron chi connectivity index (χ0n) is 13.2. The number of carbonyl (C=O) groups is 1. The summed E-state index contributed by atoms with van der Waals surface area (Å²) in [6, 6.07) is 0.261. The van der Waals surface area contributed by atoms with E-state index in [1.807, 2.05) is 4.68 Å². The Balaban J connectivity index is 1.91. The predicted octanol–water partition coefficient (Wildman–Crippen LogP) is 3.43. The van der Waals surface area contributed by atoms with Crippen molar-refractivity contribution in [3.8, 4) is 0 Å². The summed E-state index contributed by atoms with van der Waals surface area (Å²) in [6.07, 6.45) is 6.50. The second-order valence-corrected chi connectivity index (χ2v) is 6.71. The molecule has 0 radical (unpaired) electrons. The van der Waals surface area contributed by atoms with E-state index in [1.165, 1.54) is 12.8 Å². The fraction of sp³-hybridized carbons (Fsp3) is 0.812. The lowest BCUT2D eigenvalue weighted by Crippen LogP contribution is -2.26. The van der Waals surface area contributed by atoms with E-state index >= 15 is 0 Å². The van der Waals surface area contributed by atoms with E-state index in [-0.39, 0.29) is 12.0 Å². The number of carbonyl (C=O) groups excluding carboxylic acids is 1. The van der Waals surface area contributed by atoms with Crippen LogP contribution in [0.3, 0.4) is 0 Å². The van der Waals surface area contributed by atoms with Crippen LogP contribution in [0.4, 0.5) is 0 Å². The van der Waals surface area contributed by atoms with Crippen LogP contribution < -0.4 is 0 Å². The van der Waals surface area contributed by atoms with Gasteiger partial charge in [0.05, 0.1) is 6.42 Å². The molecule has 1 fully saturated rings. The maximum atomic E-state index is 12.4. The van der Waals surface area contributed by atoms with Crippen LogP contribution in [0.15, 0.2) is 6.33 Å². The molecular formula is C16H27N3O. The van der Waals surface area contributed by atoms with Gasteiger partial charge in [0.25, 0.3) is 0 Å². The van der Waals surface area contributed by atoms with Crippen molar-refractivity contribution < 1.29 is 4.79 Å². The Labute approximate surface area is 122 Å². The Hall–Kier alpha value is -1.19. The molecule has 1 heterocycles. The van der Waals surface area contributed by atoms with Crippen molar-refractivity contribution in [2.75, 3.05) is 0 Å². The van der Waals surface area contributed by atoms with Crippen LogP contribution in [-0.4, -0.2) is 20.5 Å². The molecular weight excluding hydrogens is 250 g/mol. The summed E-state index contributed by atoms with van der Waals surface area (Å²) in [4.78, 5) is 16.7. The maximum Gasteiger partial charge on any atom is 0.143 e. The van der Waals surface area contributed by atoms with Gasteiger partial charge >= 0.3 is 0 Å². The summed E-state index contributed by atoms with van der Waals surface area (Å²) >= 11 is 0. The molecule has 0 N–H and O–H groups in total. The number of ketones is 1. The van der Waals surface area contributed by atoms with Gasteiger partial charge in [-0.15, -0.1) is 0 Å². The first-order valence-corrected chi connectivity index (χ1v) is 7.90. The molecule has 4 heteroatoms. The molecule has 0 aliphatic heterocycles. The number of hydrogen-bond acceptors (Lipinski definition) is 3. The van der Waals surface area contributed by atoms with Crippen molar-refractivity contribution in [3.05, 3.63) is 12.2 Å². The van der Waals surface area contributed by atoms with Crippen LogP contribution in [0, 0.1) is 17.8 Å². The number of nitrogens with zero attached hydrogens (tertiary/aromatic N) is 3. The van der Waals surface area contributed by atoms with Gasteiger partial charge in [0.1, 0.15) is 17.9 Å². The summed E-state index contributed by atoms with van der Waals surface area (Å²) in [7, 11) is 0. The molecule has 0 saturated heterocycles. The van der Waals surface area contributed by atoms with Gasteiger partial charge < -0.3 is 0 Å². The smallest absolute Gasteiger partial charge is 0.143 e. The van der Waals surface area contributed by atoms with Crippen LogP contribution in [0.2, 0.25) is 0 Å². The van der Waals surface area contributed by atoms with Crippen molar-refractivity contribution in [2.24, 2.45) is 17.8 Å². The highest BCUT2D eigenvalue weighted by atomic mass is 16.1. The second kappa shape index (κ2) is 6.51. The molecule has 0 spiro atoms. The van der Waals surface area contributed by atoms with Gasteiger partial charge in [0.2, 0.25) is 0 Å². The predicted molar refractivity (Wildman–Crippen MR) is 79.4 cm³/mol. The zero-order valence-corrected chi connectivity index (χ0v) is 13.2. The minimum Gasteiger partial charge on any atom is -0.299 e. The first-order valence-electron chi connectivity index (χ1n) is 7.90. The van der Waals surface area contributed by atoms with E-state index in [0.29, 0.717) is 12.2 Å². The molecule has 2 rings (SSSR count). The summed E-state index contributed by atoms with van der Waals surface area (Å²) in [5.74, 6) is 2.95. The third-order valence-corrected chi connectivity index (χ3v) is 4.64. The maximum absolute atomic E-state index is 12.4. The van der Waals surface area contributed by atoms with E-state index in [1.54, 1.807) is 6.33 Å². The quantitative estimate of drug-likeness (QED) is 0.828. The van der Waals surface area contributed by atoms with Gasteiger partial charge in [0.15, 0.2) is 0 Å².